The molecule has 136 valence electrons. The summed E-state index contributed by atoms with van der Waals surface area (Å²) >= 11 is 0. The molecule has 2 atom stereocenters. The predicted octanol–water partition coefficient (Wildman–Crippen LogP) is 3.17. The molecule has 1 saturated heterocycles. The summed E-state index contributed by atoms with van der Waals surface area (Å²) in [5.74, 6) is 0.738. The van der Waals surface area contributed by atoms with Crippen LogP contribution in [0.1, 0.15) is 52.5 Å². The first-order valence-electron chi connectivity index (χ1n) is 8.52. The number of hydrogen-bond donors (Lipinski definition) is 1. The maximum absolute atomic E-state index is 12.2. The van der Waals surface area contributed by atoms with Crippen molar-refractivity contribution in [2.75, 3.05) is 20.2 Å². The van der Waals surface area contributed by atoms with Crippen LogP contribution in [0, 0.1) is 0 Å². The van der Waals surface area contributed by atoms with Gasteiger partial charge in [0.15, 0.2) is 0 Å². The topological polar surface area (TPSA) is 77.7 Å². The second kappa shape index (κ2) is 8.87. The number of amides is 1. The first-order chi connectivity index (χ1) is 11.3. The molecule has 1 amide bonds. The molecule has 0 spiro atoms. The zero-order valence-electron chi connectivity index (χ0n) is 15.7. The van der Waals surface area contributed by atoms with Gasteiger partial charge in [-0.25, -0.2) is 9.78 Å². The summed E-state index contributed by atoms with van der Waals surface area (Å²) in [6.07, 6.45) is 2.30. The monoisotopic (exact) mass is 337 g/mol. The SMILES string of the molecule is CC.COc1ccc([C@@H]2CC(N)CN(C(=O)OC(C)(C)C)C2)cn1. The van der Waals surface area contributed by atoms with Crippen LogP contribution >= 0.6 is 0 Å². The average Bonchev–Trinajstić information content (AvgIpc) is 2.54. The Hall–Kier alpha value is -1.82. The van der Waals surface area contributed by atoms with E-state index in [4.69, 9.17) is 15.2 Å². The number of nitrogens with zero attached hydrogens (tertiary/aromatic N) is 2. The van der Waals surface area contributed by atoms with E-state index in [1.54, 1.807) is 18.2 Å². The summed E-state index contributed by atoms with van der Waals surface area (Å²) in [6.45, 7) is 10.7. The van der Waals surface area contributed by atoms with Crippen molar-refractivity contribution in [3.05, 3.63) is 23.9 Å². The summed E-state index contributed by atoms with van der Waals surface area (Å²) in [4.78, 5) is 18.2. The first kappa shape index (κ1) is 20.2. The Morgan fingerprint density at radius 2 is 1.96 bits per heavy atom. The van der Waals surface area contributed by atoms with E-state index < -0.39 is 5.60 Å². The third-order valence-corrected chi connectivity index (χ3v) is 3.57. The van der Waals surface area contributed by atoms with Crippen LogP contribution < -0.4 is 10.5 Å². The number of nitrogens with two attached hydrogens (primary N) is 1. The van der Waals surface area contributed by atoms with Gasteiger partial charge in [0, 0.05) is 37.3 Å². The quantitative estimate of drug-likeness (QED) is 0.897. The number of ether oxygens (including phenoxy) is 2. The number of pyridine rings is 1. The third kappa shape index (κ3) is 6.00. The van der Waals surface area contributed by atoms with Crippen molar-refractivity contribution < 1.29 is 14.3 Å². The van der Waals surface area contributed by atoms with Crippen molar-refractivity contribution in [2.45, 2.75) is 58.6 Å². The number of rotatable bonds is 2. The number of methoxy groups -OCH3 is 1. The van der Waals surface area contributed by atoms with Crippen LogP contribution in [0.3, 0.4) is 0 Å². The molecule has 0 aliphatic carbocycles. The number of likely N-dealkylation sites (tertiary alicyclic amines) is 1. The standard InChI is InChI=1S/C16H25N3O3.C2H6/c1-16(2,3)22-15(20)19-9-12(7-13(17)10-19)11-5-6-14(21-4)18-8-11;1-2/h5-6,8,12-13H,7,9-10,17H2,1-4H3;1-2H3/t12-,13?;/m1./s1. The van der Waals surface area contributed by atoms with Crippen molar-refractivity contribution in [1.82, 2.24) is 9.88 Å². The van der Waals surface area contributed by atoms with Gasteiger partial charge < -0.3 is 20.1 Å². The maximum atomic E-state index is 12.2. The smallest absolute Gasteiger partial charge is 0.410 e. The van der Waals surface area contributed by atoms with Crippen LogP contribution in [0.4, 0.5) is 4.79 Å². The molecule has 1 aromatic heterocycles. The molecule has 0 bridgehead atoms. The van der Waals surface area contributed by atoms with Gasteiger partial charge >= 0.3 is 6.09 Å². The molecule has 24 heavy (non-hydrogen) atoms. The second-order valence-electron chi connectivity index (χ2n) is 6.71. The summed E-state index contributed by atoms with van der Waals surface area (Å²) < 4.78 is 10.5. The normalized spacial score (nSPS) is 20.7. The van der Waals surface area contributed by atoms with Crippen molar-refractivity contribution in [3.63, 3.8) is 0 Å². The van der Waals surface area contributed by atoms with Crippen molar-refractivity contribution in [1.29, 1.82) is 0 Å². The summed E-state index contributed by atoms with van der Waals surface area (Å²) in [7, 11) is 1.59. The molecule has 1 fully saturated rings. The van der Waals surface area contributed by atoms with E-state index in [0.29, 0.717) is 19.0 Å². The number of hydrogen-bond acceptors (Lipinski definition) is 5. The highest BCUT2D eigenvalue weighted by atomic mass is 16.6. The maximum Gasteiger partial charge on any atom is 0.410 e. The Bertz CT molecular complexity index is 511. The van der Waals surface area contributed by atoms with Crippen molar-refractivity contribution in [3.8, 4) is 5.88 Å². The third-order valence-electron chi connectivity index (χ3n) is 3.57. The lowest BCUT2D eigenvalue weighted by atomic mass is 9.89. The van der Waals surface area contributed by atoms with Crippen LogP contribution in [0.15, 0.2) is 18.3 Å². The Morgan fingerprint density at radius 3 is 2.46 bits per heavy atom. The van der Waals surface area contributed by atoms with E-state index in [1.807, 2.05) is 46.8 Å². The number of carbonyl (C=O) groups excluding carboxylic acids is 1. The van der Waals surface area contributed by atoms with Crippen molar-refractivity contribution in [2.24, 2.45) is 5.73 Å². The molecule has 6 heteroatoms. The number of aromatic nitrogens is 1. The summed E-state index contributed by atoms with van der Waals surface area (Å²) in [5, 5.41) is 0. The largest absolute Gasteiger partial charge is 0.481 e. The van der Waals surface area contributed by atoms with Crippen LogP contribution in [-0.4, -0.2) is 47.8 Å². The molecule has 0 radical (unpaired) electrons. The fraction of sp³-hybridized carbons (Fsp3) is 0.667. The second-order valence-corrected chi connectivity index (χ2v) is 6.71. The van der Waals surface area contributed by atoms with Crippen LogP contribution in [0.25, 0.3) is 0 Å². The fourth-order valence-electron chi connectivity index (χ4n) is 2.61. The molecule has 2 N–H and O–H groups in total. The molecular weight excluding hydrogens is 306 g/mol. The van der Waals surface area contributed by atoms with Gasteiger partial charge in [0.05, 0.1) is 7.11 Å². The minimum atomic E-state index is -0.504. The van der Waals surface area contributed by atoms with Gasteiger partial charge in [0.2, 0.25) is 5.88 Å². The highest BCUT2D eigenvalue weighted by Gasteiger charge is 2.31. The van der Waals surface area contributed by atoms with Crippen molar-refractivity contribution >= 4 is 6.09 Å². The number of piperidine rings is 1. The Balaban J connectivity index is 0.00000139. The van der Waals surface area contributed by atoms with Gasteiger partial charge in [-0.05, 0) is 32.8 Å². The molecule has 1 aliphatic rings. The lowest BCUT2D eigenvalue weighted by Crippen LogP contribution is -2.50. The lowest BCUT2D eigenvalue weighted by molar-refractivity contribution is 0.0180. The van der Waals surface area contributed by atoms with E-state index in [1.165, 1.54) is 0 Å². The van der Waals surface area contributed by atoms with E-state index in [2.05, 4.69) is 4.98 Å². The molecule has 6 nitrogen and oxygen atoms in total. The van der Waals surface area contributed by atoms with E-state index in [0.717, 1.165) is 12.0 Å². The first-order valence-corrected chi connectivity index (χ1v) is 8.52. The van der Waals surface area contributed by atoms with Gasteiger partial charge in [-0.3, -0.25) is 0 Å². The Labute approximate surface area is 145 Å². The van der Waals surface area contributed by atoms with Gasteiger partial charge in [-0.15, -0.1) is 0 Å². The minimum Gasteiger partial charge on any atom is -0.481 e. The van der Waals surface area contributed by atoms with Gasteiger partial charge in [0.1, 0.15) is 5.60 Å². The van der Waals surface area contributed by atoms with Gasteiger partial charge in [0.25, 0.3) is 0 Å². The van der Waals surface area contributed by atoms with E-state index in [-0.39, 0.29) is 18.1 Å². The summed E-state index contributed by atoms with van der Waals surface area (Å²) in [5.41, 5.74) is 6.67. The highest BCUT2D eigenvalue weighted by Crippen LogP contribution is 2.27. The molecule has 2 heterocycles. The zero-order valence-corrected chi connectivity index (χ0v) is 15.7. The lowest BCUT2D eigenvalue weighted by Gasteiger charge is -2.37. The highest BCUT2D eigenvalue weighted by molar-refractivity contribution is 5.68. The molecule has 1 aromatic rings. The molecule has 1 aliphatic heterocycles. The van der Waals surface area contributed by atoms with Crippen LogP contribution in [-0.2, 0) is 4.74 Å². The van der Waals surface area contributed by atoms with Crippen LogP contribution in [0.5, 0.6) is 5.88 Å². The van der Waals surface area contributed by atoms with Gasteiger partial charge in [-0.2, -0.15) is 0 Å². The van der Waals surface area contributed by atoms with Gasteiger partial charge in [-0.1, -0.05) is 19.9 Å². The molecular formula is C18H31N3O3. The Kier molecular flexibility index (Phi) is 7.48. The molecule has 0 saturated carbocycles. The number of carbonyl (C=O) groups is 1. The van der Waals surface area contributed by atoms with Crippen LogP contribution in [0.2, 0.25) is 0 Å². The van der Waals surface area contributed by atoms with E-state index >= 15 is 0 Å². The fourth-order valence-corrected chi connectivity index (χ4v) is 2.61. The Morgan fingerprint density at radius 1 is 1.29 bits per heavy atom. The predicted molar refractivity (Wildman–Crippen MR) is 95.3 cm³/mol. The average molecular weight is 337 g/mol. The molecule has 1 unspecified atom stereocenters. The minimum absolute atomic E-state index is 0.0617. The molecule has 2 rings (SSSR count). The summed E-state index contributed by atoms with van der Waals surface area (Å²) in [6, 6.07) is 3.74. The van der Waals surface area contributed by atoms with E-state index in [9.17, 15) is 4.79 Å². The molecule has 0 aromatic carbocycles. The zero-order chi connectivity index (χ0) is 18.3.